The molecule has 4 unspecified atom stereocenters. The van der Waals surface area contributed by atoms with Crippen molar-refractivity contribution in [2.45, 2.75) is 35.4 Å². The van der Waals surface area contributed by atoms with Crippen LogP contribution in [-0.4, -0.2) is 34.7 Å². The summed E-state index contributed by atoms with van der Waals surface area (Å²) in [4.78, 5) is 0. The summed E-state index contributed by atoms with van der Waals surface area (Å²) in [5.41, 5.74) is 0. The Labute approximate surface area is 99.6 Å². The maximum Gasteiger partial charge on any atom is 0.0730 e. The molecule has 80 valence electrons. The average Bonchev–Trinajstić information content (AvgIpc) is 2.03. The van der Waals surface area contributed by atoms with Gasteiger partial charge in [0, 0.05) is 10.8 Å². The average molecular weight is 268 g/mol. The fourth-order valence-corrected chi connectivity index (χ4v) is 0.882. The lowest BCUT2D eigenvalue weighted by Gasteiger charge is -2.15. The van der Waals surface area contributed by atoms with Crippen LogP contribution in [0.2, 0.25) is 0 Å². The van der Waals surface area contributed by atoms with Gasteiger partial charge in [0.25, 0.3) is 0 Å². The normalized spacial score (nSPS) is 20.8. The summed E-state index contributed by atoms with van der Waals surface area (Å²) in [5, 5.41) is -0.583. The first-order chi connectivity index (χ1) is 5.95. The first-order valence-electron chi connectivity index (χ1n) is 4.09. The van der Waals surface area contributed by atoms with Crippen LogP contribution in [0.1, 0.15) is 13.8 Å². The molecule has 0 aliphatic heterocycles. The van der Waals surface area contributed by atoms with Crippen molar-refractivity contribution in [2.24, 2.45) is 0 Å². The second-order valence-electron chi connectivity index (χ2n) is 2.92. The van der Waals surface area contributed by atoms with Gasteiger partial charge in [-0.25, -0.2) is 0 Å². The van der Waals surface area contributed by atoms with Crippen LogP contribution in [0, 0.1) is 0 Å². The molecule has 0 saturated carbocycles. The summed E-state index contributed by atoms with van der Waals surface area (Å²) < 4.78 is 5.25. The highest BCUT2D eigenvalue weighted by molar-refractivity contribution is 6.30. The Bertz CT molecular complexity index is 115. The molecule has 0 N–H and O–H groups in total. The molecule has 0 bridgehead atoms. The van der Waals surface area contributed by atoms with Crippen LogP contribution in [0.3, 0.4) is 0 Å². The van der Waals surface area contributed by atoms with Gasteiger partial charge in [0.15, 0.2) is 0 Å². The summed E-state index contributed by atoms with van der Waals surface area (Å²) in [6.07, 6.45) is 0. The molecule has 0 aromatic heterocycles. The third-order valence-corrected chi connectivity index (χ3v) is 3.43. The Kier molecular flexibility index (Phi) is 8.06. The van der Waals surface area contributed by atoms with Crippen molar-refractivity contribution in [1.82, 2.24) is 0 Å². The Balaban J connectivity index is 3.45. The molecule has 0 spiro atoms. The van der Waals surface area contributed by atoms with E-state index in [9.17, 15) is 0 Å². The van der Waals surface area contributed by atoms with Gasteiger partial charge in [-0.3, -0.25) is 0 Å². The number of hydrogen-bond donors (Lipinski definition) is 0. The van der Waals surface area contributed by atoms with Crippen LogP contribution in [0.4, 0.5) is 0 Å². The fraction of sp³-hybridized carbons (Fsp3) is 1.00. The minimum Gasteiger partial charge on any atom is -0.378 e. The summed E-state index contributed by atoms with van der Waals surface area (Å²) >= 11 is 23.2. The summed E-state index contributed by atoms with van der Waals surface area (Å²) in [7, 11) is 0. The van der Waals surface area contributed by atoms with E-state index in [1.807, 2.05) is 13.8 Å². The first kappa shape index (κ1) is 14.1. The van der Waals surface area contributed by atoms with E-state index in [2.05, 4.69) is 0 Å². The smallest absolute Gasteiger partial charge is 0.0730 e. The molecule has 0 aromatic rings. The Morgan fingerprint density at radius 1 is 0.846 bits per heavy atom. The second kappa shape index (κ2) is 7.42. The van der Waals surface area contributed by atoms with E-state index in [0.717, 1.165) is 0 Å². The zero-order chi connectivity index (χ0) is 10.4. The SMILES string of the molecule is CC(Cl)C(Cl)COCC(Cl)C(C)Cl. The molecule has 0 radical (unpaired) electrons. The van der Waals surface area contributed by atoms with Crippen molar-refractivity contribution in [1.29, 1.82) is 0 Å². The van der Waals surface area contributed by atoms with Crippen molar-refractivity contribution in [3.8, 4) is 0 Å². The summed E-state index contributed by atoms with van der Waals surface area (Å²) in [5.74, 6) is 0. The van der Waals surface area contributed by atoms with Crippen LogP contribution in [-0.2, 0) is 4.74 Å². The lowest BCUT2D eigenvalue weighted by Crippen LogP contribution is -2.23. The Morgan fingerprint density at radius 3 is 1.38 bits per heavy atom. The van der Waals surface area contributed by atoms with E-state index in [1.54, 1.807) is 0 Å². The highest BCUT2D eigenvalue weighted by atomic mass is 35.5. The van der Waals surface area contributed by atoms with Crippen molar-refractivity contribution in [3.05, 3.63) is 0 Å². The van der Waals surface area contributed by atoms with E-state index in [4.69, 9.17) is 51.1 Å². The van der Waals surface area contributed by atoms with Gasteiger partial charge < -0.3 is 4.74 Å². The Morgan fingerprint density at radius 2 is 1.15 bits per heavy atom. The monoisotopic (exact) mass is 266 g/mol. The van der Waals surface area contributed by atoms with Gasteiger partial charge in [-0.05, 0) is 13.8 Å². The molecule has 0 fully saturated rings. The largest absolute Gasteiger partial charge is 0.378 e. The number of alkyl halides is 4. The predicted octanol–water partition coefficient (Wildman–Crippen LogP) is 3.47. The zero-order valence-corrected chi connectivity index (χ0v) is 10.7. The van der Waals surface area contributed by atoms with Crippen LogP contribution in [0.15, 0.2) is 0 Å². The first-order valence-corrected chi connectivity index (χ1v) is 5.83. The van der Waals surface area contributed by atoms with Crippen LogP contribution >= 0.6 is 46.4 Å². The molecule has 0 amide bonds. The molecular weight excluding hydrogens is 254 g/mol. The molecule has 13 heavy (non-hydrogen) atoms. The van der Waals surface area contributed by atoms with Gasteiger partial charge >= 0.3 is 0 Å². The van der Waals surface area contributed by atoms with Gasteiger partial charge in [-0.15, -0.1) is 46.4 Å². The van der Waals surface area contributed by atoms with Crippen molar-refractivity contribution in [2.75, 3.05) is 13.2 Å². The number of rotatable bonds is 6. The predicted molar refractivity (Wildman–Crippen MR) is 60.7 cm³/mol. The van der Waals surface area contributed by atoms with Crippen LogP contribution in [0.25, 0.3) is 0 Å². The quantitative estimate of drug-likeness (QED) is 0.670. The third-order valence-electron chi connectivity index (χ3n) is 1.55. The van der Waals surface area contributed by atoms with E-state index in [-0.39, 0.29) is 21.5 Å². The maximum absolute atomic E-state index is 5.85. The van der Waals surface area contributed by atoms with Gasteiger partial charge in [0.2, 0.25) is 0 Å². The molecule has 1 nitrogen and oxygen atoms in total. The molecule has 4 atom stereocenters. The molecule has 0 heterocycles. The summed E-state index contributed by atoms with van der Waals surface area (Å²) in [6, 6.07) is 0. The minimum atomic E-state index is -0.184. The lowest BCUT2D eigenvalue weighted by atomic mass is 10.3. The van der Waals surface area contributed by atoms with Crippen molar-refractivity contribution >= 4 is 46.4 Å². The third kappa shape index (κ3) is 7.10. The van der Waals surface area contributed by atoms with E-state index in [1.165, 1.54) is 0 Å². The molecule has 5 heteroatoms. The lowest BCUT2D eigenvalue weighted by molar-refractivity contribution is 0.133. The van der Waals surface area contributed by atoms with E-state index >= 15 is 0 Å². The fourth-order valence-electron chi connectivity index (χ4n) is 0.558. The second-order valence-corrected chi connectivity index (χ2v) is 5.42. The highest BCUT2D eigenvalue weighted by Crippen LogP contribution is 2.12. The van der Waals surface area contributed by atoms with E-state index in [0.29, 0.717) is 13.2 Å². The van der Waals surface area contributed by atoms with Gasteiger partial charge in [-0.2, -0.15) is 0 Å². The number of hydrogen-bond acceptors (Lipinski definition) is 1. The molecule has 0 aromatic carbocycles. The molecular formula is C8H14Cl4O. The molecule has 0 saturated heterocycles. The number of ether oxygens (including phenoxy) is 1. The maximum atomic E-state index is 5.85. The van der Waals surface area contributed by atoms with Crippen LogP contribution in [0.5, 0.6) is 0 Å². The van der Waals surface area contributed by atoms with Crippen LogP contribution < -0.4 is 0 Å². The zero-order valence-electron chi connectivity index (χ0n) is 7.64. The number of halogens is 4. The van der Waals surface area contributed by atoms with E-state index < -0.39 is 0 Å². The molecule has 0 aliphatic rings. The van der Waals surface area contributed by atoms with Crippen molar-refractivity contribution in [3.63, 3.8) is 0 Å². The van der Waals surface area contributed by atoms with Crippen molar-refractivity contribution < 1.29 is 4.74 Å². The molecule has 0 aliphatic carbocycles. The standard InChI is InChI=1S/C8H14Cl4O/c1-5(9)7(11)3-13-4-8(12)6(2)10/h5-8H,3-4H2,1-2H3. The minimum absolute atomic E-state index is 0.108. The van der Waals surface area contributed by atoms with Gasteiger partial charge in [0.1, 0.15) is 0 Å². The topological polar surface area (TPSA) is 9.23 Å². The van der Waals surface area contributed by atoms with Gasteiger partial charge in [0.05, 0.1) is 24.0 Å². The molecule has 0 rings (SSSR count). The highest BCUT2D eigenvalue weighted by Gasteiger charge is 2.15. The Hall–Kier alpha value is 1.12. The summed E-state index contributed by atoms with van der Waals surface area (Å²) in [6.45, 7) is 4.45. The van der Waals surface area contributed by atoms with Gasteiger partial charge in [-0.1, -0.05) is 0 Å².